The van der Waals surface area contributed by atoms with Crippen LogP contribution in [0, 0.1) is 18.8 Å². The number of amides is 1. The molecule has 0 unspecified atom stereocenters. The van der Waals surface area contributed by atoms with Crippen molar-refractivity contribution < 1.29 is 18.7 Å². The smallest absolute Gasteiger partial charge is 0.341 e. The van der Waals surface area contributed by atoms with Crippen molar-refractivity contribution in [2.75, 3.05) is 7.11 Å². The molecule has 0 aromatic carbocycles. The van der Waals surface area contributed by atoms with Crippen LogP contribution in [0.15, 0.2) is 10.5 Å². The summed E-state index contributed by atoms with van der Waals surface area (Å²) in [6, 6.07) is 1.61. The molecule has 1 N–H and O–H groups in total. The van der Waals surface area contributed by atoms with Gasteiger partial charge >= 0.3 is 5.97 Å². The van der Waals surface area contributed by atoms with E-state index < -0.39 is 5.97 Å². The van der Waals surface area contributed by atoms with Crippen molar-refractivity contribution >= 4 is 11.9 Å². The third-order valence-electron chi connectivity index (χ3n) is 3.26. The van der Waals surface area contributed by atoms with Gasteiger partial charge in [0.15, 0.2) is 0 Å². The molecule has 5 heteroatoms. The average Bonchev–Trinajstić information content (AvgIpc) is 2.96. The largest absolute Gasteiger partial charge is 0.465 e. The fraction of sp³-hybridized carbons (Fsp3) is 0.538. The van der Waals surface area contributed by atoms with Gasteiger partial charge in [0.1, 0.15) is 17.1 Å². The maximum atomic E-state index is 11.6. The number of carbonyl (C=O) groups excluding carboxylic acids is 2. The van der Waals surface area contributed by atoms with Gasteiger partial charge in [-0.05, 0) is 25.3 Å². The van der Waals surface area contributed by atoms with Crippen LogP contribution in [0.4, 0.5) is 0 Å². The summed E-state index contributed by atoms with van der Waals surface area (Å²) in [6.07, 6.45) is 0.955. The second-order valence-corrected chi connectivity index (χ2v) is 4.71. The van der Waals surface area contributed by atoms with Gasteiger partial charge in [-0.25, -0.2) is 4.79 Å². The van der Waals surface area contributed by atoms with E-state index in [-0.39, 0.29) is 11.8 Å². The number of furan rings is 1. The van der Waals surface area contributed by atoms with E-state index in [1.54, 1.807) is 13.0 Å². The van der Waals surface area contributed by atoms with E-state index in [4.69, 9.17) is 4.42 Å². The molecule has 2 rings (SSSR count). The van der Waals surface area contributed by atoms with Gasteiger partial charge in [0.25, 0.3) is 0 Å². The first-order valence-electron chi connectivity index (χ1n) is 5.98. The Morgan fingerprint density at radius 2 is 2.22 bits per heavy atom. The first kappa shape index (κ1) is 12.7. The van der Waals surface area contributed by atoms with E-state index in [0.29, 0.717) is 29.5 Å². The molecule has 2 atom stereocenters. The fourth-order valence-corrected chi connectivity index (χ4v) is 1.94. The van der Waals surface area contributed by atoms with Crippen LogP contribution in [0.1, 0.15) is 35.2 Å². The van der Waals surface area contributed by atoms with E-state index in [1.807, 2.05) is 0 Å². The van der Waals surface area contributed by atoms with Gasteiger partial charge in [0, 0.05) is 5.92 Å². The Kier molecular flexibility index (Phi) is 3.41. The van der Waals surface area contributed by atoms with Crippen molar-refractivity contribution in [1.82, 2.24) is 5.32 Å². The summed E-state index contributed by atoms with van der Waals surface area (Å²) in [5, 5.41) is 2.80. The summed E-state index contributed by atoms with van der Waals surface area (Å²) < 4.78 is 10.0. The van der Waals surface area contributed by atoms with Crippen LogP contribution in [0.5, 0.6) is 0 Å². The Hall–Kier alpha value is -1.78. The Morgan fingerprint density at radius 1 is 1.56 bits per heavy atom. The van der Waals surface area contributed by atoms with Gasteiger partial charge < -0.3 is 14.5 Å². The molecule has 0 spiro atoms. The molecular weight excluding hydrogens is 234 g/mol. The lowest BCUT2D eigenvalue weighted by Gasteiger charge is -2.01. The zero-order valence-corrected chi connectivity index (χ0v) is 10.8. The van der Waals surface area contributed by atoms with Crippen LogP contribution < -0.4 is 5.32 Å². The van der Waals surface area contributed by atoms with Gasteiger partial charge in [-0.15, -0.1) is 0 Å². The summed E-state index contributed by atoms with van der Waals surface area (Å²) in [5.41, 5.74) is 0.404. The first-order chi connectivity index (χ1) is 8.52. The Balaban J connectivity index is 1.94. The molecule has 0 radical (unpaired) electrons. The number of aryl methyl sites for hydroxylation is 1. The highest BCUT2D eigenvalue weighted by Gasteiger charge is 2.38. The lowest BCUT2D eigenvalue weighted by atomic mass is 10.2. The summed E-state index contributed by atoms with van der Waals surface area (Å²) in [5.74, 6) is 1.32. The minimum absolute atomic E-state index is 0.0520. The summed E-state index contributed by atoms with van der Waals surface area (Å²) in [4.78, 5) is 23.0. The van der Waals surface area contributed by atoms with Crippen molar-refractivity contribution in [3.63, 3.8) is 0 Å². The molecule has 1 aromatic rings. The molecule has 0 bridgehead atoms. The highest BCUT2D eigenvalue weighted by atomic mass is 16.5. The predicted molar refractivity (Wildman–Crippen MR) is 63.9 cm³/mol. The number of nitrogens with one attached hydrogen (secondary N) is 1. The maximum Gasteiger partial charge on any atom is 0.341 e. The topological polar surface area (TPSA) is 68.5 Å². The third-order valence-corrected chi connectivity index (χ3v) is 3.26. The van der Waals surface area contributed by atoms with E-state index in [2.05, 4.69) is 17.0 Å². The van der Waals surface area contributed by atoms with E-state index in [1.165, 1.54) is 7.11 Å². The van der Waals surface area contributed by atoms with Gasteiger partial charge in [0.2, 0.25) is 5.91 Å². The predicted octanol–water partition coefficient (Wildman–Crippen LogP) is 1.65. The zero-order valence-electron chi connectivity index (χ0n) is 10.8. The monoisotopic (exact) mass is 251 g/mol. The second-order valence-electron chi connectivity index (χ2n) is 4.71. The third kappa shape index (κ3) is 2.55. The SMILES string of the molecule is COC(=O)c1cc(CNC(=O)[C@H]2C[C@@H]2C)oc1C. The van der Waals surface area contributed by atoms with Crippen molar-refractivity contribution in [3.8, 4) is 0 Å². The number of hydrogen-bond donors (Lipinski definition) is 1. The molecule has 5 nitrogen and oxygen atoms in total. The van der Waals surface area contributed by atoms with E-state index in [9.17, 15) is 9.59 Å². The molecule has 1 heterocycles. The van der Waals surface area contributed by atoms with Gasteiger partial charge in [-0.3, -0.25) is 4.79 Å². The molecule has 1 aliphatic carbocycles. The van der Waals surface area contributed by atoms with Crippen molar-refractivity contribution in [3.05, 3.63) is 23.2 Å². The number of ether oxygens (including phenoxy) is 1. The zero-order chi connectivity index (χ0) is 13.3. The van der Waals surface area contributed by atoms with Gasteiger partial charge in [0.05, 0.1) is 13.7 Å². The van der Waals surface area contributed by atoms with Gasteiger partial charge in [-0.1, -0.05) is 6.92 Å². The number of carbonyl (C=O) groups is 2. The highest BCUT2D eigenvalue weighted by molar-refractivity contribution is 5.90. The molecule has 0 saturated heterocycles. The Bertz CT molecular complexity index is 477. The minimum atomic E-state index is -0.426. The van der Waals surface area contributed by atoms with Crippen molar-refractivity contribution in [1.29, 1.82) is 0 Å². The number of rotatable bonds is 4. The Morgan fingerprint density at radius 3 is 2.78 bits per heavy atom. The van der Waals surface area contributed by atoms with E-state index >= 15 is 0 Å². The molecule has 1 aromatic heterocycles. The molecule has 1 saturated carbocycles. The first-order valence-corrected chi connectivity index (χ1v) is 5.98. The number of esters is 1. The quantitative estimate of drug-likeness (QED) is 0.826. The number of hydrogen-bond acceptors (Lipinski definition) is 4. The molecule has 98 valence electrons. The molecule has 1 amide bonds. The molecule has 18 heavy (non-hydrogen) atoms. The molecule has 1 fully saturated rings. The summed E-state index contributed by atoms with van der Waals surface area (Å²) in [6.45, 7) is 4.05. The summed E-state index contributed by atoms with van der Waals surface area (Å²) >= 11 is 0. The van der Waals surface area contributed by atoms with Crippen LogP contribution in [-0.4, -0.2) is 19.0 Å². The van der Waals surface area contributed by atoms with E-state index in [0.717, 1.165) is 6.42 Å². The molecule has 0 aliphatic heterocycles. The fourth-order valence-electron chi connectivity index (χ4n) is 1.94. The lowest BCUT2D eigenvalue weighted by Crippen LogP contribution is -2.24. The average molecular weight is 251 g/mol. The van der Waals surface area contributed by atoms with Crippen LogP contribution in [0.3, 0.4) is 0 Å². The van der Waals surface area contributed by atoms with Crippen LogP contribution >= 0.6 is 0 Å². The summed E-state index contributed by atoms with van der Waals surface area (Å²) in [7, 11) is 1.32. The van der Waals surface area contributed by atoms with Crippen molar-refractivity contribution in [2.45, 2.75) is 26.8 Å². The van der Waals surface area contributed by atoms with Crippen LogP contribution in [0.2, 0.25) is 0 Å². The van der Waals surface area contributed by atoms with Crippen molar-refractivity contribution in [2.24, 2.45) is 11.8 Å². The second kappa shape index (κ2) is 4.84. The standard InChI is InChI=1S/C13H17NO4/c1-7-4-10(7)12(15)14-6-9-5-11(8(2)18-9)13(16)17-3/h5,7,10H,4,6H2,1-3H3,(H,14,15)/t7-,10-/m0/s1. The molecule has 1 aliphatic rings. The molecular formula is C13H17NO4. The highest BCUT2D eigenvalue weighted by Crippen LogP contribution is 2.37. The maximum absolute atomic E-state index is 11.6. The minimum Gasteiger partial charge on any atom is -0.465 e. The number of methoxy groups -OCH3 is 1. The van der Waals surface area contributed by atoms with Gasteiger partial charge in [-0.2, -0.15) is 0 Å². The normalized spacial score (nSPS) is 21.5. The van der Waals surface area contributed by atoms with Crippen LogP contribution in [-0.2, 0) is 16.1 Å². The lowest BCUT2D eigenvalue weighted by molar-refractivity contribution is -0.122. The Labute approximate surface area is 105 Å². The van der Waals surface area contributed by atoms with Crippen LogP contribution in [0.25, 0.3) is 0 Å².